The predicted molar refractivity (Wildman–Crippen MR) is 79.4 cm³/mol. The van der Waals surface area contributed by atoms with Gasteiger partial charge in [-0.2, -0.15) is 0 Å². The maximum Gasteiger partial charge on any atom is 0.228 e. The van der Waals surface area contributed by atoms with E-state index in [1.54, 1.807) is 18.2 Å². The van der Waals surface area contributed by atoms with Gasteiger partial charge in [-0.15, -0.1) is 0 Å². The van der Waals surface area contributed by atoms with Crippen molar-refractivity contribution in [2.75, 3.05) is 12.4 Å². The summed E-state index contributed by atoms with van der Waals surface area (Å²) in [5.41, 5.74) is 0.889. The lowest BCUT2D eigenvalue weighted by atomic mass is 10.1. The zero-order valence-electron chi connectivity index (χ0n) is 11.1. The zero-order chi connectivity index (χ0) is 15.4. The summed E-state index contributed by atoms with van der Waals surface area (Å²) in [7, 11) is 1.49. The fourth-order valence-electron chi connectivity index (χ4n) is 1.81. The molecule has 0 heterocycles. The Morgan fingerprint density at radius 3 is 2.62 bits per heavy atom. The van der Waals surface area contributed by atoms with Crippen molar-refractivity contribution in [1.82, 2.24) is 0 Å². The van der Waals surface area contributed by atoms with Crippen LogP contribution in [0.25, 0.3) is 0 Å². The highest BCUT2D eigenvalue weighted by Gasteiger charge is 2.10. The molecule has 21 heavy (non-hydrogen) atoms. The fourth-order valence-corrected chi connectivity index (χ4v) is 2.17. The summed E-state index contributed by atoms with van der Waals surface area (Å²) in [5.74, 6) is -1.75. The third-order valence-corrected chi connectivity index (χ3v) is 3.28. The predicted octanol–water partition coefficient (Wildman–Crippen LogP) is 3.92. The van der Waals surface area contributed by atoms with Gasteiger partial charge in [-0.25, -0.2) is 8.78 Å². The van der Waals surface area contributed by atoms with E-state index in [4.69, 9.17) is 4.74 Å². The number of carbonyl (C=O) groups is 1. The molecular weight excluding hydrogens is 344 g/mol. The largest absolute Gasteiger partial charge is 0.495 e. The van der Waals surface area contributed by atoms with E-state index in [1.165, 1.54) is 13.2 Å². The number of amides is 1. The average molecular weight is 356 g/mol. The van der Waals surface area contributed by atoms with Crippen molar-refractivity contribution >= 4 is 27.5 Å². The SMILES string of the molecule is COc1ccc(Br)cc1NC(=O)Cc1ccc(F)c(F)c1. The van der Waals surface area contributed by atoms with Crippen LogP contribution in [-0.2, 0) is 11.2 Å². The summed E-state index contributed by atoms with van der Waals surface area (Å²) < 4.78 is 31.8. The van der Waals surface area contributed by atoms with Gasteiger partial charge in [0.15, 0.2) is 11.6 Å². The smallest absolute Gasteiger partial charge is 0.228 e. The topological polar surface area (TPSA) is 38.3 Å². The molecule has 0 aliphatic heterocycles. The van der Waals surface area contributed by atoms with E-state index in [1.807, 2.05) is 0 Å². The number of halogens is 3. The first-order valence-electron chi connectivity index (χ1n) is 6.07. The molecule has 0 saturated heterocycles. The summed E-state index contributed by atoms with van der Waals surface area (Å²) in [4.78, 5) is 12.0. The molecule has 0 saturated carbocycles. The third-order valence-electron chi connectivity index (χ3n) is 2.78. The molecule has 2 aromatic carbocycles. The summed E-state index contributed by atoms with van der Waals surface area (Å²) >= 11 is 3.30. The first kappa shape index (κ1) is 15.4. The fraction of sp³-hybridized carbons (Fsp3) is 0.133. The van der Waals surface area contributed by atoms with Crippen LogP contribution >= 0.6 is 15.9 Å². The van der Waals surface area contributed by atoms with Gasteiger partial charge in [-0.05, 0) is 35.9 Å². The minimum atomic E-state index is -0.972. The molecule has 2 aromatic rings. The van der Waals surface area contributed by atoms with E-state index in [0.717, 1.165) is 16.6 Å². The van der Waals surface area contributed by atoms with E-state index in [-0.39, 0.29) is 12.3 Å². The molecule has 0 atom stereocenters. The minimum Gasteiger partial charge on any atom is -0.495 e. The molecule has 1 N–H and O–H groups in total. The zero-order valence-corrected chi connectivity index (χ0v) is 12.7. The number of anilines is 1. The average Bonchev–Trinajstić information content (AvgIpc) is 2.43. The first-order chi connectivity index (χ1) is 9.99. The first-order valence-corrected chi connectivity index (χ1v) is 6.86. The van der Waals surface area contributed by atoms with Crippen molar-refractivity contribution < 1.29 is 18.3 Å². The lowest BCUT2D eigenvalue weighted by Gasteiger charge is -2.10. The third kappa shape index (κ3) is 4.01. The van der Waals surface area contributed by atoms with Crippen molar-refractivity contribution in [2.24, 2.45) is 0 Å². The molecule has 0 aromatic heterocycles. The molecule has 0 unspecified atom stereocenters. The van der Waals surface area contributed by atoms with Crippen LogP contribution in [-0.4, -0.2) is 13.0 Å². The number of methoxy groups -OCH3 is 1. The van der Waals surface area contributed by atoms with Crippen LogP contribution in [0, 0.1) is 11.6 Å². The second kappa shape index (κ2) is 6.67. The van der Waals surface area contributed by atoms with Crippen LogP contribution in [0.3, 0.4) is 0 Å². The van der Waals surface area contributed by atoms with Crippen LogP contribution in [0.15, 0.2) is 40.9 Å². The van der Waals surface area contributed by atoms with E-state index in [9.17, 15) is 13.6 Å². The maximum absolute atomic E-state index is 13.1. The summed E-state index contributed by atoms with van der Waals surface area (Å²) in [5, 5.41) is 2.67. The Morgan fingerprint density at radius 1 is 1.19 bits per heavy atom. The second-order valence-electron chi connectivity index (χ2n) is 4.32. The van der Waals surface area contributed by atoms with E-state index in [0.29, 0.717) is 17.0 Å². The van der Waals surface area contributed by atoms with Crippen molar-refractivity contribution in [3.05, 3.63) is 58.1 Å². The molecular formula is C15H12BrF2NO2. The highest BCUT2D eigenvalue weighted by Crippen LogP contribution is 2.28. The van der Waals surface area contributed by atoms with Crippen molar-refractivity contribution in [3.63, 3.8) is 0 Å². The molecule has 0 bridgehead atoms. The lowest BCUT2D eigenvalue weighted by Crippen LogP contribution is -2.15. The Labute approximate surface area is 129 Å². The van der Waals surface area contributed by atoms with Crippen molar-refractivity contribution in [3.8, 4) is 5.75 Å². The molecule has 2 rings (SSSR count). The number of hydrogen-bond donors (Lipinski definition) is 1. The highest BCUT2D eigenvalue weighted by molar-refractivity contribution is 9.10. The van der Waals surface area contributed by atoms with Gasteiger partial charge in [-0.1, -0.05) is 22.0 Å². The minimum absolute atomic E-state index is 0.0626. The Hall–Kier alpha value is -1.95. The van der Waals surface area contributed by atoms with Gasteiger partial charge in [0.2, 0.25) is 5.91 Å². The molecule has 0 aliphatic rings. The molecule has 3 nitrogen and oxygen atoms in total. The van der Waals surface area contributed by atoms with E-state index >= 15 is 0 Å². The van der Waals surface area contributed by atoms with Gasteiger partial charge in [0, 0.05) is 4.47 Å². The molecule has 110 valence electrons. The number of nitrogens with one attached hydrogen (secondary N) is 1. The Kier molecular flexibility index (Phi) is 4.90. The highest BCUT2D eigenvalue weighted by atomic mass is 79.9. The van der Waals surface area contributed by atoms with Gasteiger partial charge < -0.3 is 10.1 Å². The Morgan fingerprint density at radius 2 is 1.95 bits per heavy atom. The number of carbonyl (C=O) groups excluding carboxylic acids is 1. The lowest BCUT2D eigenvalue weighted by molar-refractivity contribution is -0.115. The van der Waals surface area contributed by atoms with Gasteiger partial charge >= 0.3 is 0 Å². The van der Waals surface area contributed by atoms with Crippen LogP contribution in [0.5, 0.6) is 5.75 Å². The summed E-state index contributed by atoms with van der Waals surface area (Å²) in [6.45, 7) is 0. The standard InChI is InChI=1S/C15H12BrF2NO2/c1-21-14-5-3-10(16)8-13(14)19-15(20)7-9-2-4-11(17)12(18)6-9/h2-6,8H,7H2,1H3,(H,19,20). The van der Waals surface area contributed by atoms with Gasteiger partial charge in [0.05, 0.1) is 19.2 Å². The number of benzene rings is 2. The molecule has 0 spiro atoms. The number of hydrogen-bond acceptors (Lipinski definition) is 2. The number of ether oxygens (including phenoxy) is 1. The Bertz CT molecular complexity index is 677. The molecule has 0 aliphatic carbocycles. The van der Waals surface area contributed by atoms with Gasteiger partial charge in [-0.3, -0.25) is 4.79 Å². The van der Waals surface area contributed by atoms with Crippen LogP contribution in [0.1, 0.15) is 5.56 Å². The van der Waals surface area contributed by atoms with E-state index in [2.05, 4.69) is 21.2 Å². The molecule has 0 radical (unpaired) electrons. The monoisotopic (exact) mass is 355 g/mol. The quantitative estimate of drug-likeness (QED) is 0.902. The molecule has 0 fully saturated rings. The van der Waals surface area contributed by atoms with Crippen LogP contribution in [0.2, 0.25) is 0 Å². The number of rotatable bonds is 4. The van der Waals surface area contributed by atoms with Crippen LogP contribution in [0.4, 0.5) is 14.5 Å². The van der Waals surface area contributed by atoms with Gasteiger partial charge in [0.25, 0.3) is 0 Å². The van der Waals surface area contributed by atoms with Crippen molar-refractivity contribution in [1.29, 1.82) is 0 Å². The normalized spacial score (nSPS) is 10.3. The Balaban J connectivity index is 2.11. The maximum atomic E-state index is 13.1. The van der Waals surface area contributed by atoms with E-state index < -0.39 is 11.6 Å². The summed E-state index contributed by atoms with van der Waals surface area (Å²) in [6.07, 6.45) is -0.0626. The second-order valence-corrected chi connectivity index (χ2v) is 5.23. The van der Waals surface area contributed by atoms with Gasteiger partial charge in [0.1, 0.15) is 5.75 Å². The van der Waals surface area contributed by atoms with Crippen molar-refractivity contribution in [2.45, 2.75) is 6.42 Å². The van der Waals surface area contributed by atoms with Crippen LogP contribution < -0.4 is 10.1 Å². The molecule has 6 heteroatoms. The molecule has 1 amide bonds. The summed E-state index contributed by atoms with van der Waals surface area (Å²) in [6, 6.07) is 8.56.